The number of carbonyl (C=O) groups is 1. The van der Waals surface area contributed by atoms with Crippen LogP contribution in [0.25, 0.3) is 0 Å². The average molecular weight is 463 g/mol. The summed E-state index contributed by atoms with van der Waals surface area (Å²) in [5.41, 5.74) is 0.593. The molecule has 0 atom stereocenters. The van der Waals surface area contributed by atoms with Crippen LogP contribution in [0.15, 0.2) is 70.2 Å². The second-order valence-electron chi connectivity index (χ2n) is 7.29. The normalized spacial score (nSPS) is 13.9. The summed E-state index contributed by atoms with van der Waals surface area (Å²) in [4.78, 5) is 14.7. The molecule has 3 aromatic rings. The van der Waals surface area contributed by atoms with Crippen LogP contribution in [-0.4, -0.2) is 25.3 Å². The molecule has 0 saturated heterocycles. The van der Waals surface area contributed by atoms with Gasteiger partial charge in [-0.1, -0.05) is 17.7 Å². The monoisotopic (exact) mass is 462 g/mol. The number of rotatable bonds is 8. The number of furan rings is 1. The maximum atomic E-state index is 14.2. The van der Waals surface area contributed by atoms with Crippen molar-refractivity contribution in [3.05, 3.63) is 88.6 Å². The number of hydrogen-bond donors (Lipinski definition) is 1. The highest BCUT2D eigenvalue weighted by molar-refractivity contribution is 7.89. The minimum Gasteiger partial charge on any atom is -0.468 e. The lowest BCUT2D eigenvalue weighted by Gasteiger charge is -2.23. The van der Waals surface area contributed by atoms with Crippen LogP contribution < -0.4 is 4.72 Å². The maximum absolute atomic E-state index is 14.2. The third-order valence-electron chi connectivity index (χ3n) is 5.07. The van der Waals surface area contributed by atoms with Crippen LogP contribution in [0, 0.1) is 5.82 Å². The first-order chi connectivity index (χ1) is 14.8. The number of carbonyl (C=O) groups excluding carboxylic acids is 1. The van der Waals surface area contributed by atoms with E-state index in [4.69, 9.17) is 16.0 Å². The summed E-state index contributed by atoms with van der Waals surface area (Å²) in [5, 5.41) is 0.266. The largest absolute Gasteiger partial charge is 0.468 e. The summed E-state index contributed by atoms with van der Waals surface area (Å²) in [5.74, 6) is -0.272. The number of hydrogen-bond acceptors (Lipinski definition) is 4. The Balaban J connectivity index is 1.50. The van der Waals surface area contributed by atoms with Gasteiger partial charge >= 0.3 is 0 Å². The molecule has 0 spiro atoms. The highest BCUT2D eigenvalue weighted by Gasteiger charge is 2.34. The predicted molar refractivity (Wildman–Crippen MR) is 113 cm³/mol. The van der Waals surface area contributed by atoms with E-state index in [0.29, 0.717) is 11.3 Å². The standard InChI is InChI=1S/C22H20ClFN2O4S/c23-20-4-1-5-21(24)19(20)14-26(16-8-9-16)22(27)15-6-10-18(11-7-15)31(28,29)25-13-17-3-2-12-30-17/h1-7,10-12,16,25H,8-9,13-14H2. The Morgan fingerprint density at radius 2 is 1.87 bits per heavy atom. The molecule has 1 amide bonds. The molecule has 162 valence electrons. The van der Waals surface area contributed by atoms with Gasteiger partial charge in [0.25, 0.3) is 5.91 Å². The lowest BCUT2D eigenvalue weighted by Crippen LogP contribution is -2.33. The van der Waals surface area contributed by atoms with Crippen molar-refractivity contribution < 1.29 is 22.0 Å². The van der Waals surface area contributed by atoms with Gasteiger partial charge in [-0.3, -0.25) is 4.79 Å². The second kappa shape index (κ2) is 8.82. The molecule has 0 unspecified atom stereocenters. The quantitative estimate of drug-likeness (QED) is 0.539. The summed E-state index contributed by atoms with van der Waals surface area (Å²) < 4.78 is 46.7. The van der Waals surface area contributed by atoms with Crippen molar-refractivity contribution in [2.45, 2.75) is 36.9 Å². The molecule has 1 saturated carbocycles. The molecule has 4 rings (SSSR count). The molecule has 6 nitrogen and oxygen atoms in total. The Kier molecular flexibility index (Phi) is 6.13. The molecule has 1 aromatic heterocycles. The zero-order valence-corrected chi connectivity index (χ0v) is 18.0. The summed E-state index contributed by atoms with van der Waals surface area (Å²) in [6.45, 7) is 0.0780. The van der Waals surface area contributed by atoms with Crippen molar-refractivity contribution in [2.75, 3.05) is 0 Å². The number of amides is 1. The predicted octanol–water partition coefficient (Wildman–Crippen LogP) is 4.36. The molecule has 1 N–H and O–H groups in total. The number of nitrogens with zero attached hydrogens (tertiary/aromatic N) is 1. The molecule has 0 bridgehead atoms. The SMILES string of the molecule is O=C(c1ccc(S(=O)(=O)NCc2ccco2)cc1)N(Cc1c(F)cccc1Cl)C1CC1. The smallest absolute Gasteiger partial charge is 0.254 e. The van der Waals surface area contributed by atoms with Gasteiger partial charge in [-0.05, 0) is 61.4 Å². The zero-order valence-electron chi connectivity index (χ0n) is 16.4. The topological polar surface area (TPSA) is 79.6 Å². The zero-order chi connectivity index (χ0) is 22.0. The fourth-order valence-corrected chi connectivity index (χ4v) is 4.43. The lowest BCUT2D eigenvalue weighted by atomic mass is 10.1. The number of sulfonamides is 1. The Labute approximate surface area is 184 Å². The van der Waals surface area contributed by atoms with E-state index in [9.17, 15) is 17.6 Å². The molecule has 1 aliphatic carbocycles. The minimum atomic E-state index is -3.76. The second-order valence-corrected chi connectivity index (χ2v) is 9.47. The van der Waals surface area contributed by atoms with Gasteiger partial charge in [0.1, 0.15) is 11.6 Å². The molecular formula is C22H20ClFN2O4S. The van der Waals surface area contributed by atoms with Gasteiger partial charge in [0.05, 0.1) is 24.2 Å². The van der Waals surface area contributed by atoms with Crippen molar-refractivity contribution >= 4 is 27.5 Å². The first kappa shape index (κ1) is 21.5. The number of benzene rings is 2. The fourth-order valence-electron chi connectivity index (χ4n) is 3.21. The molecular weight excluding hydrogens is 443 g/mol. The van der Waals surface area contributed by atoms with E-state index in [2.05, 4.69) is 4.72 Å². The molecule has 1 aliphatic rings. The third-order valence-corrected chi connectivity index (χ3v) is 6.84. The van der Waals surface area contributed by atoms with Crippen LogP contribution in [-0.2, 0) is 23.1 Å². The van der Waals surface area contributed by atoms with Crippen molar-refractivity contribution in [2.24, 2.45) is 0 Å². The summed E-state index contributed by atoms with van der Waals surface area (Å²) >= 11 is 6.13. The first-order valence-corrected chi connectivity index (χ1v) is 11.6. The number of nitrogens with one attached hydrogen (secondary N) is 1. The molecule has 0 aliphatic heterocycles. The number of halogens is 2. The van der Waals surface area contributed by atoms with Crippen LogP contribution in [0.4, 0.5) is 4.39 Å². The Morgan fingerprint density at radius 1 is 1.13 bits per heavy atom. The van der Waals surface area contributed by atoms with Gasteiger partial charge in [-0.2, -0.15) is 0 Å². The summed E-state index contributed by atoms with van der Waals surface area (Å²) in [7, 11) is -3.76. The van der Waals surface area contributed by atoms with Gasteiger partial charge in [-0.15, -0.1) is 0 Å². The van der Waals surface area contributed by atoms with E-state index in [-0.39, 0.29) is 40.5 Å². The van der Waals surface area contributed by atoms with Crippen molar-refractivity contribution in [3.63, 3.8) is 0 Å². The van der Waals surface area contributed by atoms with Crippen molar-refractivity contribution in [3.8, 4) is 0 Å². The average Bonchev–Trinajstić information content (AvgIpc) is 3.46. The van der Waals surface area contributed by atoms with Crippen molar-refractivity contribution in [1.82, 2.24) is 9.62 Å². The Hall–Kier alpha value is -2.68. The molecule has 2 aromatic carbocycles. The summed E-state index contributed by atoms with van der Waals surface area (Å²) in [6, 6.07) is 13.4. The fraction of sp³-hybridized carbons (Fsp3) is 0.227. The van der Waals surface area contributed by atoms with E-state index < -0.39 is 15.8 Å². The van der Waals surface area contributed by atoms with Gasteiger partial charge in [-0.25, -0.2) is 17.5 Å². The van der Waals surface area contributed by atoms with Crippen LogP contribution in [0.3, 0.4) is 0 Å². The Bertz CT molecular complexity index is 1160. The summed E-state index contributed by atoms with van der Waals surface area (Å²) in [6.07, 6.45) is 3.13. The molecule has 0 radical (unpaired) electrons. The van der Waals surface area contributed by atoms with E-state index >= 15 is 0 Å². The third kappa shape index (κ3) is 4.98. The van der Waals surface area contributed by atoms with Gasteiger partial charge in [0.2, 0.25) is 10.0 Å². The van der Waals surface area contributed by atoms with E-state index in [1.165, 1.54) is 42.7 Å². The van der Waals surface area contributed by atoms with Crippen LogP contribution >= 0.6 is 11.6 Å². The van der Waals surface area contributed by atoms with Gasteiger partial charge < -0.3 is 9.32 Å². The van der Waals surface area contributed by atoms with Gasteiger partial charge in [0.15, 0.2) is 0 Å². The van der Waals surface area contributed by atoms with E-state index in [0.717, 1.165) is 12.8 Å². The highest BCUT2D eigenvalue weighted by atomic mass is 35.5. The molecule has 9 heteroatoms. The van der Waals surface area contributed by atoms with Crippen LogP contribution in [0.2, 0.25) is 5.02 Å². The van der Waals surface area contributed by atoms with E-state index in [1.54, 1.807) is 23.1 Å². The lowest BCUT2D eigenvalue weighted by molar-refractivity contribution is 0.0728. The van der Waals surface area contributed by atoms with Crippen LogP contribution in [0.1, 0.15) is 34.5 Å². The van der Waals surface area contributed by atoms with Crippen molar-refractivity contribution in [1.29, 1.82) is 0 Å². The molecule has 1 fully saturated rings. The minimum absolute atomic E-state index is 0.0153. The molecule has 1 heterocycles. The maximum Gasteiger partial charge on any atom is 0.254 e. The first-order valence-electron chi connectivity index (χ1n) is 9.71. The van der Waals surface area contributed by atoms with E-state index in [1.807, 2.05) is 0 Å². The highest BCUT2D eigenvalue weighted by Crippen LogP contribution is 2.32. The van der Waals surface area contributed by atoms with Crippen LogP contribution in [0.5, 0.6) is 0 Å². The Morgan fingerprint density at radius 3 is 2.48 bits per heavy atom. The molecule has 31 heavy (non-hydrogen) atoms. The van der Waals surface area contributed by atoms with Gasteiger partial charge in [0, 0.05) is 22.2 Å².